The van der Waals surface area contributed by atoms with Crippen molar-refractivity contribution in [3.63, 3.8) is 0 Å². The fourth-order valence-electron chi connectivity index (χ4n) is 3.91. The Morgan fingerprint density at radius 2 is 1.64 bits per heavy atom. The SMILES string of the molecule is CCCCCc1ccc(CCC2CCc3ccc(F)c(F)c3C2)cc1. The van der Waals surface area contributed by atoms with Crippen LogP contribution in [0.4, 0.5) is 8.78 Å². The summed E-state index contributed by atoms with van der Waals surface area (Å²) < 4.78 is 27.5. The van der Waals surface area contributed by atoms with Crippen LogP contribution in [-0.4, -0.2) is 0 Å². The van der Waals surface area contributed by atoms with Gasteiger partial charge in [-0.15, -0.1) is 0 Å². The molecule has 3 rings (SSSR count). The summed E-state index contributed by atoms with van der Waals surface area (Å²) in [5, 5.41) is 0. The molecule has 0 radical (unpaired) electrons. The lowest BCUT2D eigenvalue weighted by Gasteiger charge is -2.25. The van der Waals surface area contributed by atoms with Crippen LogP contribution in [0.25, 0.3) is 0 Å². The fourth-order valence-corrected chi connectivity index (χ4v) is 3.91. The maximum atomic E-state index is 14.0. The Morgan fingerprint density at radius 1 is 0.920 bits per heavy atom. The minimum absolute atomic E-state index is 0.452. The van der Waals surface area contributed by atoms with E-state index >= 15 is 0 Å². The summed E-state index contributed by atoms with van der Waals surface area (Å²) in [4.78, 5) is 0. The van der Waals surface area contributed by atoms with Gasteiger partial charge in [0.25, 0.3) is 0 Å². The molecule has 1 aliphatic rings. The Bertz CT molecular complexity index is 688. The van der Waals surface area contributed by atoms with Crippen molar-refractivity contribution in [1.29, 1.82) is 0 Å². The molecule has 0 nitrogen and oxygen atoms in total. The standard InChI is InChI=1S/C23H28F2/c1-2-3-4-5-17-6-8-18(9-7-17)10-11-19-12-13-20-14-15-22(24)23(25)21(20)16-19/h6-9,14-15,19H,2-5,10-13,16H2,1H3. The van der Waals surface area contributed by atoms with Gasteiger partial charge in [-0.2, -0.15) is 0 Å². The van der Waals surface area contributed by atoms with Crippen molar-refractivity contribution in [2.45, 2.75) is 64.7 Å². The molecule has 2 heteroatoms. The summed E-state index contributed by atoms with van der Waals surface area (Å²) in [5.74, 6) is -0.885. The lowest BCUT2D eigenvalue weighted by atomic mass is 9.81. The van der Waals surface area contributed by atoms with Gasteiger partial charge in [-0.05, 0) is 79.2 Å². The number of rotatable bonds is 7. The van der Waals surface area contributed by atoms with Gasteiger partial charge in [0, 0.05) is 0 Å². The molecular formula is C23H28F2. The first-order valence-electron chi connectivity index (χ1n) is 9.71. The average molecular weight is 342 g/mol. The molecule has 1 unspecified atom stereocenters. The molecule has 1 aliphatic carbocycles. The topological polar surface area (TPSA) is 0 Å². The van der Waals surface area contributed by atoms with Gasteiger partial charge in [0.1, 0.15) is 0 Å². The Kier molecular flexibility index (Phi) is 6.23. The lowest BCUT2D eigenvalue weighted by molar-refractivity contribution is 0.405. The zero-order chi connectivity index (χ0) is 17.6. The van der Waals surface area contributed by atoms with Gasteiger partial charge in [-0.3, -0.25) is 0 Å². The van der Waals surface area contributed by atoms with Crippen molar-refractivity contribution in [3.05, 3.63) is 70.3 Å². The van der Waals surface area contributed by atoms with E-state index in [9.17, 15) is 8.78 Å². The Hall–Kier alpha value is -1.70. The van der Waals surface area contributed by atoms with Crippen molar-refractivity contribution in [3.8, 4) is 0 Å². The van der Waals surface area contributed by atoms with Crippen LogP contribution in [0.2, 0.25) is 0 Å². The Labute approximate surface area is 150 Å². The van der Waals surface area contributed by atoms with E-state index in [0.717, 1.165) is 31.2 Å². The summed E-state index contributed by atoms with van der Waals surface area (Å²) in [5.41, 5.74) is 4.38. The van der Waals surface area contributed by atoms with Crippen LogP contribution >= 0.6 is 0 Å². The lowest BCUT2D eigenvalue weighted by Crippen LogP contribution is -2.17. The van der Waals surface area contributed by atoms with Gasteiger partial charge >= 0.3 is 0 Å². The highest BCUT2D eigenvalue weighted by Crippen LogP contribution is 2.31. The Balaban J connectivity index is 1.53. The van der Waals surface area contributed by atoms with E-state index < -0.39 is 11.6 Å². The number of hydrogen-bond acceptors (Lipinski definition) is 0. The fraction of sp³-hybridized carbons (Fsp3) is 0.478. The van der Waals surface area contributed by atoms with Crippen LogP contribution in [0.3, 0.4) is 0 Å². The zero-order valence-corrected chi connectivity index (χ0v) is 15.2. The van der Waals surface area contributed by atoms with Crippen molar-refractivity contribution in [2.24, 2.45) is 5.92 Å². The molecule has 0 bridgehead atoms. The molecule has 0 fully saturated rings. The number of hydrogen-bond donors (Lipinski definition) is 0. The normalized spacial score (nSPS) is 16.7. The van der Waals surface area contributed by atoms with Crippen LogP contribution < -0.4 is 0 Å². The number of benzene rings is 2. The second kappa shape index (κ2) is 8.60. The van der Waals surface area contributed by atoms with Crippen molar-refractivity contribution < 1.29 is 8.78 Å². The van der Waals surface area contributed by atoms with E-state index in [2.05, 4.69) is 31.2 Å². The minimum atomic E-state index is -0.710. The summed E-state index contributed by atoms with van der Waals surface area (Å²) in [6.45, 7) is 2.23. The third kappa shape index (κ3) is 4.68. The average Bonchev–Trinajstić information content (AvgIpc) is 2.64. The van der Waals surface area contributed by atoms with Gasteiger partial charge in [-0.25, -0.2) is 8.78 Å². The molecule has 1 atom stereocenters. The second-order valence-corrected chi connectivity index (χ2v) is 7.42. The molecule has 0 saturated heterocycles. The predicted octanol–water partition coefficient (Wildman–Crippen LogP) is 6.44. The van der Waals surface area contributed by atoms with Crippen molar-refractivity contribution in [2.75, 3.05) is 0 Å². The van der Waals surface area contributed by atoms with Crippen LogP contribution in [-0.2, 0) is 25.7 Å². The van der Waals surface area contributed by atoms with Crippen LogP contribution in [0.1, 0.15) is 61.3 Å². The molecule has 134 valence electrons. The third-order valence-corrected chi connectivity index (χ3v) is 5.54. The smallest absolute Gasteiger partial charge is 0.162 e. The van der Waals surface area contributed by atoms with Gasteiger partial charge < -0.3 is 0 Å². The van der Waals surface area contributed by atoms with E-state index in [4.69, 9.17) is 0 Å². The first-order chi connectivity index (χ1) is 12.2. The molecule has 0 amide bonds. The summed E-state index contributed by atoms with van der Waals surface area (Å²) in [6, 6.07) is 12.0. The predicted molar refractivity (Wildman–Crippen MR) is 99.9 cm³/mol. The van der Waals surface area contributed by atoms with E-state index in [1.807, 2.05) is 0 Å². The molecule has 0 aliphatic heterocycles. The molecule has 2 aromatic carbocycles. The largest absolute Gasteiger partial charge is 0.204 e. The van der Waals surface area contributed by atoms with Gasteiger partial charge in [0.2, 0.25) is 0 Å². The van der Waals surface area contributed by atoms with Crippen molar-refractivity contribution >= 4 is 0 Å². The van der Waals surface area contributed by atoms with Crippen LogP contribution in [0, 0.1) is 17.6 Å². The summed E-state index contributed by atoms with van der Waals surface area (Å²) in [6.07, 6.45) is 9.67. The number of halogens is 2. The van der Waals surface area contributed by atoms with Gasteiger partial charge in [-0.1, -0.05) is 50.1 Å². The van der Waals surface area contributed by atoms with Crippen LogP contribution in [0.15, 0.2) is 36.4 Å². The maximum Gasteiger partial charge on any atom is 0.162 e. The maximum absolute atomic E-state index is 14.0. The molecule has 0 saturated carbocycles. The first-order valence-corrected chi connectivity index (χ1v) is 9.71. The third-order valence-electron chi connectivity index (χ3n) is 5.54. The second-order valence-electron chi connectivity index (χ2n) is 7.42. The summed E-state index contributed by atoms with van der Waals surface area (Å²) >= 11 is 0. The zero-order valence-electron chi connectivity index (χ0n) is 15.2. The number of aryl methyl sites for hydroxylation is 3. The molecule has 2 aromatic rings. The molecule has 0 heterocycles. The molecule has 25 heavy (non-hydrogen) atoms. The number of fused-ring (bicyclic) bond motifs is 1. The van der Waals surface area contributed by atoms with Crippen molar-refractivity contribution in [1.82, 2.24) is 0 Å². The van der Waals surface area contributed by atoms with E-state index in [0.29, 0.717) is 17.9 Å². The highest BCUT2D eigenvalue weighted by atomic mass is 19.2. The highest BCUT2D eigenvalue weighted by molar-refractivity contribution is 5.32. The van der Waals surface area contributed by atoms with E-state index in [1.54, 1.807) is 6.07 Å². The van der Waals surface area contributed by atoms with Crippen LogP contribution in [0.5, 0.6) is 0 Å². The first kappa shape index (κ1) is 18.1. The Morgan fingerprint density at radius 3 is 2.36 bits per heavy atom. The molecular weight excluding hydrogens is 314 g/mol. The number of unbranched alkanes of at least 4 members (excludes halogenated alkanes) is 2. The summed E-state index contributed by atoms with van der Waals surface area (Å²) in [7, 11) is 0. The molecule has 0 aromatic heterocycles. The molecule has 0 spiro atoms. The van der Waals surface area contributed by atoms with E-state index in [1.165, 1.54) is 42.9 Å². The van der Waals surface area contributed by atoms with E-state index in [-0.39, 0.29) is 0 Å². The highest BCUT2D eigenvalue weighted by Gasteiger charge is 2.23. The molecule has 0 N–H and O–H groups in total. The van der Waals surface area contributed by atoms with Gasteiger partial charge in [0.15, 0.2) is 11.6 Å². The quantitative estimate of drug-likeness (QED) is 0.508. The minimum Gasteiger partial charge on any atom is -0.204 e. The monoisotopic (exact) mass is 342 g/mol. The van der Waals surface area contributed by atoms with Gasteiger partial charge in [0.05, 0.1) is 0 Å².